The Morgan fingerprint density at radius 2 is 1.80 bits per heavy atom. The Morgan fingerprint density at radius 1 is 1.05 bits per heavy atom. The van der Waals surface area contributed by atoms with Gasteiger partial charge in [-0.2, -0.15) is 0 Å². The largest absolute Gasteiger partial charge is 0.317 e. The number of unbranched alkanes of at least 4 members (excludes halogenated alkanes) is 1. The highest BCUT2D eigenvalue weighted by Crippen LogP contribution is 2.14. The molecular weight excluding hydrogens is 244 g/mol. The fraction of sp³-hybridized carbons (Fsp3) is 0.667. The number of hydrogen-bond acceptors (Lipinski definition) is 2. The van der Waals surface area contributed by atoms with Crippen molar-refractivity contribution in [2.24, 2.45) is 0 Å². The smallest absolute Gasteiger partial charge is 0.0119 e. The Morgan fingerprint density at radius 3 is 2.50 bits per heavy atom. The molecule has 1 aromatic rings. The van der Waals surface area contributed by atoms with Gasteiger partial charge in [-0.1, -0.05) is 37.3 Å². The van der Waals surface area contributed by atoms with Crippen LogP contribution in [0.25, 0.3) is 0 Å². The number of aryl methyl sites for hydroxylation is 1. The first-order valence-corrected chi connectivity index (χ1v) is 8.39. The summed E-state index contributed by atoms with van der Waals surface area (Å²) in [6, 6.07) is 11.7. The highest BCUT2D eigenvalue weighted by molar-refractivity contribution is 5.14. The van der Waals surface area contributed by atoms with E-state index in [0.717, 1.165) is 6.04 Å². The van der Waals surface area contributed by atoms with Gasteiger partial charge in [-0.15, -0.1) is 0 Å². The maximum atomic E-state index is 3.47. The van der Waals surface area contributed by atoms with Crippen molar-refractivity contribution in [2.45, 2.75) is 51.5 Å². The highest BCUT2D eigenvalue weighted by atomic mass is 15.2. The molecule has 0 unspecified atom stereocenters. The van der Waals surface area contributed by atoms with Gasteiger partial charge >= 0.3 is 0 Å². The molecule has 2 nitrogen and oxygen atoms in total. The van der Waals surface area contributed by atoms with Crippen LogP contribution in [0, 0.1) is 0 Å². The van der Waals surface area contributed by atoms with Gasteiger partial charge < -0.3 is 10.2 Å². The second kappa shape index (κ2) is 9.15. The first-order chi connectivity index (χ1) is 9.90. The monoisotopic (exact) mass is 274 g/mol. The summed E-state index contributed by atoms with van der Waals surface area (Å²) in [4.78, 5) is 2.74. The van der Waals surface area contributed by atoms with E-state index >= 15 is 0 Å². The molecule has 0 spiro atoms. The van der Waals surface area contributed by atoms with E-state index in [-0.39, 0.29) is 0 Å². The fourth-order valence-corrected chi connectivity index (χ4v) is 3.22. The lowest BCUT2D eigenvalue weighted by Crippen LogP contribution is -2.43. The van der Waals surface area contributed by atoms with Crippen molar-refractivity contribution in [1.82, 2.24) is 10.2 Å². The zero-order valence-electron chi connectivity index (χ0n) is 13.0. The van der Waals surface area contributed by atoms with Gasteiger partial charge in [0.05, 0.1) is 0 Å². The average Bonchev–Trinajstić information content (AvgIpc) is 2.52. The molecule has 1 N–H and O–H groups in total. The predicted octanol–water partition coefficient (Wildman–Crippen LogP) is 3.47. The number of benzene rings is 1. The van der Waals surface area contributed by atoms with Crippen molar-refractivity contribution in [1.29, 1.82) is 0 Å². The number of hydrogen-bond donors (Lipinski definition) is 1. The third kappa shape index (κ3) is 5.26. The molecule has 1 aromatic carbocycles. The van der Waals surface area contributed by atoms with Crippen LogP contribution in [0.2, 0.25) is 0 Å². The van der Waals surface area contributed by atoms with Gasteiger partial charge in [-0.25, -0.2) is 0 Å². The van der Waals surface area contributed by atoms with Crippen LogP contribution in [0.1, 0.15) is 44.6 Å². The summed E-state index contributed by atoms with van der Waals surface area (Å²) in [6.07, 6.45) is 7.82. The summed E-state index contributed by atoms with van der Waals surface area (Å²) in [7, 11) is 0. The number of nitrogens with zero attached hydrogens (tertiary/aromatic N) is 1. The molecule has 1 aliphatic heterocycles. The molecule has 2 rings (SSSR count). The third-order valence-corrected chi connectivity index (χ3v) is 4.34. The van der Waals surface area contributed by atoms with E-state index in [0.29, 0.717) is 0 Å². The number of rotatable bonds is 8. The first kappa shape index (κ1) is 15.5. The van der Waals surface area contributed by atoms with Crippen LogP contribution in [-0.2, 0) is 6.42 Å². The SMILES string of the molecule is CCCN(CCCCc1ccccc1)C1CCNCC1. The summed E-state index contributed by atoms with van der Waals surface area (Å²) in [5.41, 5.74) is 1.48. The molecule has 1 fully saturated rings. The molecule has 112 valence electrons. The van der Waals surface area contributed by atoms with Crippen molar-refractivity contribution in [3.8, 4) is 0 Å². The average molecular weight is 274 g/mol. The normalized spacial score (nSPS) is 16.7. The Labute approximate surface area is 124 Å². The molecule has 0 aromatic heterocycles. The van der Waals surface area contributed by atoms with Crippen LogP contribution >= 0.6 is 0 Å². The summed E-state index contributed by atoms with van der Waals surface area (Å²) in [6.45, 7) is 7.27. The minimum Gasteiger partial charge on any atom is -0.317 e. The fourth-order valence-electron chi connectivity index (χ4n) is 3.22. The minimum atomic E-state index is 0.827. The van der Waals surface area contributed by atoms with Crippen LogP contribution in [0.4, 0.5) is 0 Å². The zero-order chi connectivity index (χ0) is 14.0. The molecular formula is C18H30N2. The van der Waals surface area contributed by atoms with E-state index in [1.807, 2.05) is 0 Å². The van der Waals surface area contributed by atoms with Crippen LogP contribution in [0.15, 0.2) is 30.3 Å². The van der Waals surface area contributed by atoms with E-state index < -0.39 is 0 Å². The van der Waals surface area contributed by atoms with Crippen LogP contribution in [-0.4, -0.2) is 37.1 Å². The number of nitrogens with one attached hydrogen (secondary N) is 1. The van der Waals surface area contributed by atoms with Gasteiger partial charge in [-0.05, 0) is 70.3 Å². The lowest BCUT2D eigenvalue weighted by Gasteiger charge is -2.34. The standard InChI is InChI=1S/C18H30N2/c1-2-15-20(18-11-13-19-14-12-18)16-7-6-10-17-8-4-3-5-9-17/h3-5,8-9,18-19H,2,6-7,10-16H2,1H3. The van der Waals surface area contributed by atoms with Crippen molar-refractivity contribution in [3.63, 3.8) is 0 Å². The van der Waals surface area contributed by atoms with E-state index in [2.05, 4.69) is 47.5 Å². The molecule has 0 bridgehead atoms. The van der Waals surface area contributed by atoms with Crippen molar-refractivity contribution in [2.75, 3.05) is 26.2 Å². The van der Waals surface area contributed by atoms with Crippen LogP contribution in [0.5, 0.6) is 0 Å². The maximum Gasteiger partial charge on any atom is 0.0119 e. The minimum absolute atomic E-state index is 0.827. The summed E-state index contributed by atoms with van der Waals surface area (Å²) in [5.74, 6) is 0. The van der Waals surface area contributed by atoms with E-state index in [1.54, 1.807) is 0 Å². The Hall–Kier alpha value is -0.860. The molecule has 0 saturated carbocycles. The van der Waals surface area contributed by atoms with Crippen molar-refractivity contribution >= 4 is 0 Å². The van der Waals surface area contributed by atoms with E-state index in [9.17, 15) is 0 Å². The zero-order valence-corrected chi connectivity index (χ0v) is 13.0. The third-order valence-electron chi connectivity index (χ3n) is 4.34. The Bertz CT molecular complexity index is 344. The second-order valence-electron chi connectivity index (χ2n) is 5.96. The van der Waals surface area contributed by atoms with Gasteiger partial charge in [0.15, 0.2) is 0 Å². The first-order valence-electron chi connectivity index (χ1n) is 8.39. The molecule has 1 saturated heterocycles. The molecule has 1 aliphatic rings. The lowest BCUT2D eigenvalue weighted by atomic mass is 10.0. The van der Waals surface area contributed by atoms with Gasteiger partial charge in [0.1, 0.15) is 0 Å². The molecule has 2 heteroatoms. The van der Waals surface area contributed by atoms with Crippen molar-refractivity contribution < 1.29 is 0 Å². The Kier molecular flexibility index (Phi) is 7.10. The molecule has 0 atom stereocenters. The Balaban J connectivity index is 1.69. The summed E-state index contributed by atoms with van der Waals surface area (Å²) >= 11 is 0. The summed E-state index contributed by atoms with van der Waals surface area (Å²) < 4.78 is 0. The maximum absolute atomic E-state index is 3.47. The molecule has 0 radical (unpaired) electrons. The molecule has 0 aliphatic carbocycles. The van der Waals surface area contributed by atoms with Gasteiger partial charge in [0.2, 0.25) is 0 Å². The van der Waals surface area contributed by atoms with Crippen molar-refractivity contribution in [3.05, 3.63) is 35.9 Å². The molecule has 1 heterocycles. The van der Waals surface area contributed by atoms with Gasteiger partial charge in [0, 0.05) is 6.04 Å². The van der Waals surface area contributed by atoms with Gasteiger partial charge in [-0.3, -0.25) is 0 Å². The van der Waals surface area contributed by atoms with E-state index in [1.165, 1.54) is 70.3 Å². The predicted molar refractivity (Wildman–Crippen MR) is 87.1 cm³/mol. The highest BCUT2D eigenvalue weighted by Gasteiger charge is 2.19. The van der Waals surface area contributed by atoms with E-state index in [4.69, 9.17) is 0 Å². The molecule has 0 amide bonds. The quantitative estimate of drug-likeness (QED) is 0.730. The molecule has 20 heavy (non-hydrogen) atoms. The topological polar surface area (TPSA) is 15.3 Å². The second-order valence-corrected chi connectivity index (χ2v) is 5.96. The van der Waals surface area contributed by atoms with Crippen LogP contribution in [0.3, 0.4) is 0 Å². The lowest BCUT2D eigenvalue weighted by molar-refractivity contribution is 0.159. The summed E-state index contributed by atoms with van der Waals surface area (Å²) in [5, 5.41) is 3.47. The van der Waals surface area contributed by atoms with Gasteiger partial charge in [0.25, 0.3) is 0 Å². The van der Waals surface area contributed by atoms with Crippen LogP contribution < -0.4 is 5.32 Å². The number of piperidine rings is 1.